The molecule has 1 fully saturated rings. The smallest absolute Gasteiger partial charge is 0.0409 e. The van der Waals surface area contributed by atoms with E-state index in [1.165, 1.54) is 29.5 Å². The molecule has 0 radical (unpaired) electrons. The molecule has 1 aliphatic rings. The van der Waals surface area contributed by atoms with Gasteiger partial charge in [0.15, 0.2) is 0 Å². The van der Waals surface area contributed by atoms with Gasteiger partial charge in [-0.1, -0.05) is 48.0 Å². The van der Waals surface area contributed by atoms with E-state index in [1.54, 1.807) is 0 Å². The normalized spacial score (nSPS) is 22.6. The van der Waals surface area contributed by atoms with Gasteiger partial charge in [-0.15, -0.1) is 0 Å². The van der Waals surface area contributed by atoms with Crippen molar-refractivity contribution in [3.05, 3.63) is 70.2 Å². The number of nitrogens with one attached hydrogen (secondary N) is 1. The van der Waals surface area contributed by atoms with Crippen molar-refractivity contribution in [2.24, 2.45) is 0 Å². The van der Waals surface area contributed by atoms with E-state index in [2.05, 4.69) is 55.6 Å². The van der Waals surface area contributed by atoms with E-state index in [0.29, 0.717) is 12.1 Å². The van der Waals surface area contributed by atoms with Crippen LogP contribution in [0.5, 0.6) is 0 Å². The monoisotopic (exact) mass is 299 g/mol. The second-order valence-electron chi connectivity index (χ2n) is 6.17. The molecule has 1 aliphatic carbocycles. The summed E-state index contributed by atoms with van der Waals surface area (Å²) >= 11 is 6.07. The Morgan fingerprint density at radius 3 is 2.57 bits per heavy atom. The Morgan fingerprint density at radius 1 is 1.10 bits per heavy atom. The highest BCUT2D eigenvalue weighted by Gasteiger charge is 2.31. The molecule has 0 aromatic heterocycles. The third kappa shape index (κ3) is 3.30. The molecule has 2 aromatic carbocycles. The lowest BCUT2D eigenvalue weighted by molar-refractivity contribution is 0.270. The fourth-order valence-corrected chi connectivity index (χ4v) is 3.48. The van der Waals surface area contributed by atoms with Crippen molar-refractivity contribution in [3.8, 4) is 0 Å². The quantitative estimate of drug-likeness (QED) is 0.813. The van der Waals surface area contributed by atoms with Crippen LogP contribution in [-0.2, 0) is 0 Å². The Hall–Kier alpha value is -1.31. The molecule has 1 atom stereocenters. The summed E-state index contributed by atoms with van der Waals surface area (Å²) in [6.07, 6.45) is 2.46. The van der Waals surface area contributed by atoms with Crippen LogP contribution in [0.2, 0.25) is 5.02 Å². The molecule has 3 rings (SSSR count). The molecule has 0 aliphatic heterocycles. The van der Waals surface area contributed by atoms with E-state index in [1.807, 2.05) is 12.1 Å². The van der Waals surface area contributed by atoms with Crippen molar-refractivity contribution >= 4 is 11.6 Å². The van der Waals surface area contributed by atoms with Crippen LogP contribution in [0.15, 0.2) is 48.5 Å². The molecule has 21 heavy (non-hydrogen) atoms. The summed E-state index contributed by atoms with van der Waals surface area (Å²) in [5.74, 6) is 0.718. The maximum absolute atomic E-state index is 6.07. The summed E-state index contributed by atoms with van der Waals surface area (Å²) in [7, 11) is 0. The molecule has 0 spiro atoms. The summed E-state index contributed by atoms with van der Waals surface area (Å²) in [5.41, 5.74) is 4.21. The summed E-state index contributed by atoms with van der Waals surface area (Å²) in [6.45, 7) is 4.43. The Labute approximate surface area is 132 Å². The van der Waals surface area contributed by atoms with Crippen molar-refractivity contribution in [3.63, 3.8) is 0 Å². The minimum Gasteiger partial charge on any atom is -0.307 e. The van der Waals surface area contributed by atoms with Crippen LogP contribution < -0.4 is 5.32 Å². The van der Waals surface area contributed by atoms with Crippen LogP contribution in [-0.4, -0.2) is 6.04 Å². The van der Waals surface area contributed by atoms with Crippen molar-refractivity contribution in [1.82, 2.24) is 5.32 Å². The SMILES string of the molecule is Cc1ccccc1C1CC(N[C@@H](C)c2cccc(Cl)c2)C1. The first kappa shape index (κ1) is 14.6. The summed E-state index contributed by atoms with van der Waals surface area (Å²) < 4.78 is 0. The summed E-state index contributed by atoms with van der Waals surface area (Å²) in [6, 6.07) is 17.9. The van der Waals surface area contributed by atoms with Gasteiger partial charge in [-0.2, -0.15) is 0 Å². The molecule has 1 saturated carbocycles. The Bertz CT molecular complexity index is 616. The minimum atomic E-state index is 0.353. The van der Waals surface area contributed by atoms with Crippen LogP contribution in [0.4, 0.5) is 0 Å². The first-order valence-electron chi connectivity index (χ1n) is 7.70. The molecule has 0 saturated heterocycles. The number of hydrogen-bond donors (Lipinski definition) is 1. The molecule has 110 valence electrons. The van der Waals surface area contributed by atoms with Crippen molar-refractivity contribution in [2.75, 3.05) is 0 Å². The number of halogens is 1. The van der Waals surface area contributed by atoms with Crippen LogP contribution in [0.1, 0.15) is 48.4 Å². The second-order valence-corrected chi connectivity index (χ2v) is 6.60. The molecule has 0 unspecified atom stereocenters. The van der Waals surface area contributed by atoms with Crippen molar-refractivity contribution < 1.29 is 0 Å². The molecule has 0 heterocycles. The van der Waals surface area contributed by atoms with E-state index in [0.717, 1.165) is 10.9 Å². The van der Waals surface area contributed by atoms with Gasteiger partial charge in [-0.05, 0) is 61.4 Å². The zero-order chi connectivity index (χ0) is 14.8. The van der Waals surface area contributed by atoms with Crippen LogP contribution in [0.3, 0.4) is 0 Å². The molecular formula is C19H22ClN. The standard InChI is InChI=1S/C19H22ClN/c1-13-6-3-4-9-19(13)16-11-18(12-16)21-14(2)15-7-5-8-17(20)10-15/h3-10,14,16,18,21H,11-12H2,1-2H3/t14-,16?,18?/m0/s1. The van der Waals surface area contributed by atoms with E-state index in [-0.39, 0.29) is 0 Å². The Morgan fingerprint density at radius 2 is 1.86 bits per heavy atom. The predicted molar refractivity (Wildman–Crippen MR) is 89.9 cm³/mol. The van der Waals surface area contributed by atoms with E-state index >= 15 is 0 Å². The topological polar surface area (TPSA) is 12.0 Å². The highest BCUT2D eigenvalue weighted by molar-refractivity contribution is 6.30. The van der Waals surface area contributed by atoms with E-state index < -0.39 is 0 Å². The number of hydrogen-bond acceptors (Lipinski definition) is 1. The minimum absolute atomic E-state index is 0.353. The van der Waals surface area contributed by atoms with Crippen LogP contribution in [0.25, 0.3) is 0 Å². The first-order valence-corrected chi connectivity index (χ1v) is 8.08. The van der Waals surface area contributed by atoms with Gasteiger partial charge in [-0.3, -0.25) is 0 Å². The maximum Gasteiger partial charge on any atom is 0.0409 e. The van der Waals surface area contributed by atoms with Gasteiger partial charge in [0.2, 0.25) is 0 Å². The molecular weight excluding hydrogens is 278 g/mol. The lowest BCUT2D eigenvalue weighted by atomic mass is 9.74. The zero-order valence-corrected chi connectivity index (χ0v) is 13.4. The van der Waals surface area contributed by atoms with Crippen LogP contribution >= 0.6 is 11.6 Å². The Kier molecular flexibility index (Phi) is 4.32. The highest BCUT2D eigenvalue weighted by Crippen LogP contribution is 2.39. The average Bonchev–Trinajstić information content (AvgIpc) is 2.43. The van der Waals surface area contributed by atoms with E-state index in [9.17, 15) is 0 Å². The van der Waals surface area contributed by atoms with Gasteiger partial charge in [0.05, 0.1) is 0 Å². The van der Waals surface area contributed by atoms with Gasteiger partial charge >= 0.3 is 0 Å². The largest absolute Gasteiger partial charge is 0.307 e. The van der Waals surface area contributed by atoms with Gasteiger partial charge < -0.3 is 5.32 Å². The third-order valence-corrected chi connectivity index (χ3v) is 4.84. The maximum atomic E-state index is 6.07. The van der Waals surface area contributed by atoms with Gasteiger partial charge in [0.25, 0.3) is 0 Å². The van der Waals surface area contributed by atoms with E-state index in [4.69, 9.17) is 11.6 Å². The van der Waals surface area contributed by atoms with Gasteiger partial charge in [0.1, 0.15) is 0 Å². The Balaban J connectivity index is 1.56. The fraction of sp³-hybridized carbons (Fsp3) is 0.368. The molecule has 1 N–H and O–H groups in total. The molecule has 0 amide bonds. The molecule has 2 aromatic rings. The average molecular weight is 300 g/mol. The summed E-state index contributed by atoms with van der Waals surface area (Å²) in [5, 5.41) is 4.53. The lowest BCUT2D eigenvalue weighted by Crippen LogP contribution is -2.41. The molecule has 1 nitrogen and oxygen atoms in total. The fourth-order valence-electron chi connectivity index (χ4n) is 3.28. The molecule has 0 bridgehead atoms. The number of aryl methyl sites for hydroxylation is 1. The van der Waals surface area contributed by atoms with Crippen LogP contribution in [0, 0.1) is 6.92 Å². The summed E-state index contributed by atoms with van der Waals surface area (Å²) in [4.78, 5) is 0. The van der Waals surface area contributed by atoms with Crippen molar-refractivity contribution in [2.45, 2.75) is 44.7 Å². The lowest BCUT2D eigenvalue weighted by Gasteiger charge is -2.39. The number of benzene rings is 2. The third-order valence-electron chi connectivity index (χ3n) is 4.60. The second kappa shape index (κ2) is 6.21. The zero-order valence-electron chi connectivity index (χ0n) is 12.6. The first-order chi connectivity index (χ1) is 10.1. The van der Waals surface area contributed by atoms with Crippen molar-refractivity contribution in [1.29, 1.82) is 0 Å². The number of rotatable bonds is 4. The van der Waals surface area contributed by atoms with Gasteiger partial charge in [-0.25, -0.2) is 0 Å². The predicted octanol–water partition coefficient (Wildman–Crippen LogP) is 5.25. The highest BCUT2D eigenvalue weighted by atomic mass is 35.5. The molecule has 2 heteroatoms. The van der Waals surface area contributed by atoms with Gasteiger partial charge in [0, 0.05) is 17.1 Å².